The van der Waals surface area contributed by atoms with Crippen molar-refractivity contribution in [2.75, 3.05) is 0 Å². The van der Waals surface area contributed by atoms with E-state index in [1.807, 2.05) is 0 Å². The van der Waals surface area contributed by atoms with Crippen molar-refractivity contribution in [2.24, 2.45) is 34.5 Å². The Balaban J connectivity index is 1.62. The first kappa shape index (κ1) is 15.4. The summed E-state index contributed by atoms with van der Waals surface area (Å²) in [7, 11) is 0. The van der Waals surface area contributed by atoms with Gasteiger partial charge >= 0.3 is 0 Å². The number of ether oxygens (including phenoxy) is 1. The normalized spacial score (nSPS) is 51.6. The van der Waals surface area contributed by atoms with E-state index in [0.717, 1.165) is 32.1 Å². The quantitative estimate of drug-likeness (QED) is 0.573. The van der Waals surface area contributed by atoms with E-state index in [0.29, 0.717) is 41.3 Å². The van der Waals surface area contributed by atoms with Crippen molar-refractivity contribution >= 4 is 12.3 Å². The number of allylic oxidation sites excluding steroid dienone is 2. The molecule has 4 aliphatic rings. The Morgan fingerprint density at radius 1 is 1.22 bits per heavy atom. The molecule has 0 N–H and O–H groups in total. The van der Waals surface area contributed by atoms with Crippen LogP contribution in [-0.4, -0.2) is 18.4 Å². The first-order valence-corrected chi connectivity index (χ1v) is 9.31. The molecule has 7 atom stereocenters. The lowest BCUT2D eigenvalue weighted by Crippen LogP contribution is -2.52. The summed E-state index contributed by atoms with van der Waals surface area (Å²) in [5.41, 5.74) is 0.122. The van der Waals surface area contributed by atoms with Crippen molar-refractivity contribution in [3.05, 3.63) is 12.2 Å². The number of carbonyl (C=O) groups is 2. The summed E-state index contributed by atoms with van der Waals surface area (Å²) in [4.78, 5) is 23.0. The molecule has 23 heavy (non-hydrogen) atoms. The molecule has 3 saturated carbocycles. The minimum atomic E-state index is -0.192. The molecule has 0 aromatic rings. The topological polar surface area (TPSA) is 43.4 Å². The van der Waals surface area contributed by atoms with E-state index in [9.17, 15) is 9.59 Å². The van der Waals surface area contributed by atoms with Crippen LogP contribution in [-0.2, 0) is 14.3 Å². The van der Waals surface area contributed by atoms with Gasteiger partial charge in [-0.25, -0.2) is 0 Å². The van der Waals surface area contributed by atoms with Crippen molar-refractivity contribution < 1.29 is 14.3 Å². The van der Waals surface area contributed by atoms with E-state index < -0.39 is 0 Å². The summed E-state index contributed by atoms with van der Waals surface area (Å²) in [5, 5.41) is 0. The van der Waals surface area contributed by atoms with Crippen LogP contribution >= 0.6 is 0 Å². The lowest BCUT2D eigenvalue weighted by atomic mass is 9.47. The van der Waals surface area contributed by atoms with E-state index in [1.54, 1.807) is 0 Å². The Morgan fingerprint density at radius 3 is 2.83 bits per heavy atom. The van der Waals surface area contributed by atoms with Crippen molar-refractivity contribution in [3.8, 4) is 0 Å². The summed E-state index contributed by atoms with van der Waals surface area (Å²) >= 11 is 0. The molecule has 0 heterocycles. The number of rotatable bonds is 2. The fraction of sp³-hybridized carbons (Fsp3) is 0.800. The Morgan fingerprint density at radius 2 is 2.04 bits per heavy atom. The Hall–Kier alpha value is -1.12. The lowest BCUT2D eigenvalue weighted by Gasteiger charge is -2.58. The van der Waals surface area contributed by atoms with Crippen LogP contribution in [0.4, 0.5) is 0 Å². The number of carbonyl (C=O) groups excluding carboxylic acids is 2. The fourth-order valence-corrected chi connectivity index (χ4v) is 6.59. The van der Waals surface area contributed by atoms with E-state index >= 15 is 0 Å². The highest BCUT2D eigenvalue weighted by molar-refractivity contribution is 5.89. The molecular formula is C20H28O3. The number of Topliss-reactive ketones (excluding diaryl/α,β-unsaturated/α-hetero) is 1. The maximum absolute atomic E-state index is 12.4. The minimum absolute atomic E-state index is 0.119. The largest absolute Gasteiger partial charge is 0.465 e. The second-order valence-corrected chi connectivity index (χ2v) is 8.81. The van der Waals surface area contributed by atoms with Crippen LogP contribution in [0.2, 0.25) is 0 Å². The van der Waals surface area contributed by atoms with Gasteiger partial charge in [0.25, 0.3) is 6.47 Å². The van der Waals surface area contributed by atoms with Crippen LogP contribution in [0, 0.1) is 34.5 Å². The monoisotopic (exact) mass is 316 g/mol. The lowest BCUT2D eigenvalue weighted by molar-refractivity contribution is -0.142. The number of fused-ring (bicyclic) bond motifs is 5. The van der Waals surface area contributed by atoms with Gasteiger partial charge in [0.15, 0.2) is 0 Å². The molecule has 0 amide bonds. The summed E-state index contributed by atoms with van der Waals surface area (Å²) in [5.74, 6) is 2.91. The Bertz CT molecular complexity index is 553. The molecule has 0 aliphatic heterocycles. The Kier molecular flexibility index (Phi) is 3.48. The van der Waals surface area contributed by atoms with Gasteiger partial charge in [-0.2, -0.15) is 0 Å². The molecule has 0 aromatic carbocycles. The van der Waals surface area contributed by atoms with E-state index in [-0.39, 0.29) is 11.5 Å². The van der Waals surface area contributed by atoms with Crippen LogP contribution in [0.1, 0.15) is 58.8 Å². The summed E-state index contributed by atoms with van der Waals surface area (Å²) in [6.07, 6.45) is 12.2. The number of hydrogen-bond acceptors (Lipinski definition) is 3. The molecule has 4 aliphatic carbocycles. The maximum atomic E-state index is 12.4. The van der Waals surface area contributed by atoms with Gasteiger partial charge in [-0.15, -0.1) is 0 Å². The molecular weight excluding hydrogens is 288 g/mol. The maximum Gasteiger partial charge on any atom is 0.293 e. The van der Waals surface area contributed by atoms with Gasteiger partial charge in [0, 0.05) is 11.8 Å². The third-order valence-electron chi connectivity index (χ3n) is 8.02. The molecule has 3 fully saturated rings. The molecule has 3 heteroatoms. The molecule has 3 nitrogen and oxygen atoms in total. The zero-order valence-corrected chi connectivity index (χ0v) is 14.3. The highest BCUT2D eigenvalue weighted by Gasteiger charge is 2.58. The van der Waals surface area contributed by atoms with E-state index in [2.05, 4.69) is 26.0 Å². The van der Waals surface area contributed by atoms with Gasteiger partial charge < -0.3 is 4.74 Å². The van der Waals surface area contributed by atoms with Gasteiger partial charge in [0.1, 0.15) is 11.9 Å². The highest BCUT2D eigenvalue weighted by Crippen LogP contribution is 2.63. The first-order valence-electron chi connectivity index (χ1n) is 9.31. The summed E-state index contributed by atoms with van der Waals surface area (Å²) in [6, 6.07) is 0. The zero-order chi connectivity index (χ0) is 16.2. The predicted octanol–water partition coefficient (Wildman–Crippen LogP) is 3.92. The minimum Gasteiger partial charge on any atom is -0.465 e. The van der Waals surface area contributed by atoms with Crippen molar-refractivity contribution in [3.63, 3.8) is 0 Å². The highest BCUT2D eigenvalue weighted by atomic mass is 16.5. The smallest absolute Gasteiger partial charge is 0.293 e. The zero-order valence-electron chi connectivity index (χ0n) is 14.3. The van der Waals surface area contributed by atoms with E-state index in [4.69, 9.17) is 4.74 Å². The summed E-state index contributed by atoms with van der Waals surface area (Å²) in [6.45, 7) is 5.24. The molecule has 126 valence electrons. The second kappa shape index (κ2) is 5.19. The van der Waals surface area contributed by atoms with Crippen molar-refractivity contribution in [1.29, 1.82) is 0 Å². The molecule has 0 bridgehead atoms. The molecule has 0 saturated heterocycles. The van der Waals surface area contributed by atoms with Gasteiger partial charge in [0.2, 0.25) is 0 Å². The first-order chi connectivity index (χ1) is 11.0. The fourth-order valence-electron chi connectivity index (χ4n) is 6.59. The SMILES string of the molecule is CC12C=CC3C(CCC4CC(OC=O)CCC43C)C1CCC2=O. The predicted molar refractivity (Wildman–Crippen MR) is 87.6 cm³/mol. The van der Waals surface area contributed by atoms with Gasteiger partial charge in [-0.3, -0.25) is 9.59 Å². The standard InChI is InChI=1S/C20H28O3/c1-19-9-7-14(23-12-21)11-13(19)3-4-15-16-5-6-18(22)20(16,2)10-8-17(15)19/h8,10,12-17H,3-7,9,11H2,1-2H3. The third-order valence-corrected chi connectivity index (χ3v) is 8.02. The average molecular weight is 316 g/mol. The van der Waals surface area contributed by atoms with Crippen LogP contribution < -0.4 is 0 Å². The molecule has 0 radical (unpaired) electrons. The number of hydrogen-bond donors (Lipinski definition) is 0. The second-order valence-electron chi connectivity index (χ2n) is 8.81. The van der Waals surface area contributed by atoms with Gasteiger partial charge in [-0.1, -0.05) is 19.1 Å². The molecule has 0 aromatic heterocycles. The average Bonchev–Trinajstić information content (AvgIpc) is 2.84. The number of ketones is 1. The van der Waals surface area contributed by atoms with Gasteiger partial charge in [0.05, 0.1) is 0 Å². The van der Waals surface area contributed by atoms with Gasteiger partial charge in [-0.05, 0) is 74.5 Å². The van der Waals surface area contributed by atoms with Crippen LogP contribution in [0.3, 0.4) is 0 Å². The van der Waals surface area contributed by atoms with Crippen LogP contribution in [0.15, 0.2) is 12.2 Å². The Labute approximate surface area is 138 Å². The molecule has 4 rings (SSSR count). The molecule has 7 unspecified atom stereocenters. The van der Waals surface area contributed by atoms with Crippen molar-refractivity contribution in [2.45, 2.75) is 64.9 Å². The third kappa shape index (κ3) is 2.08. The summed E-state index contributed by atoms with van der Waals surface area (Å²) < 4.78 is 5.27. The van der Waals surface area contributed by atoms with Crippen LogP contribution in [0.25, 0.3) is 0 Å². The molecule has 0 spiro atoms. The van der Waals surface area contributed by atoms with Crippen molar-refractivity contribution in [1.82, 2.24) is 0 Å². The van der Waals surface area contributed by atoms with Crippen LogP contribution in [0.5, 0.6) is 0 Å². The van der Waals surface area contributed by atoms with E-state index in [1.165, 1.54) is 12.8 Å².